The number of hydrogen-bond acceptors (Lipinski definition) is 4. The van der Waals surface area contributed by atoms with E-state index in [9.17, 15) is 0 Å². The number of anilines is 1. The minimum absolute atomic E-state index is 0.0208. The number of halogens is 1. The highest BCUT2D eigenvalue weighted by Gasteiger charge is 2.32. The van der Waals surface area contributed by atoms with E-state index in [0.29, 0.717) is 5.02 Å². The number of piperazine rings is 1. The molecule has 1 N–H and O–H groups in total. The summed E-state index contributed by atoms with van der Waals surface area (Å²) in [5.41, 5.74) is 0.844. The molecule has 1 aliphatic heterocycles. The fourth-order valence-electron chi connectivity index (χ4n) is 2.31. The molecule has 2 aromatic heterocycles. The van der Waals surface area contributed by atoms with Crippen molar-refractivity contribution in [3.63, 3.8) is 0 Å². The lowest BCUT2D eigenvalue weighted by molar-refractivity contribution is 0.375. The van der Waals surface area contributed by atoms with Gasteiger partial charge in [-0.15, -0.1) is 5.10 Å². The molecule has 1 saturated heterocycles. The van der Waals surface area contributed by atoms with Crippen LogP contribution in [0.5, 0.6) is 0 Å². The van der Waals surface area contributed by atoms with Gasteiger partial charge < -0.3 is 10.2 Å². The molecule has 96 valence electrons. The van der Waals surface area contributed by atoms with E-state index in [1.165, 1.54) is 0 Å². The van der Waals surface area contributed by atoms with Gasteiger partial charge in [0, 0.05) is 31.4 Å². The summed E-state index contributed by atoms with van der Waals surface area (Å²) < 4.78 is 1.73. The SMILES string of the molecule is CC1(C)CNCCN1c1nc2ccc(Cl)cn2n1. The Hall–Kier alpha value is -1.33. The Morgan fingerprint density at radius 1 is 1.39 bits per heavy atom. The van der Waals surface area contributed by atoms with Crippen molar-refractivity contribution in [1.29, 1.82) is 0 Å². The Morgan fingerprint density at radius 3 is 3.00 bits per heavy atom. The zero-order valence-corrected chi connectivity index (χ0v) is 11.3. The van der Waals surface area contributed by atoms with Crippen LogP contribution in [-0.4, -0.2) is 39.8 Å². The van der Waals surface area contributed by atoms with Gasteiger partial charge >= 0.3 is 0 Å². The highest BCUT2D eigenvalue weighted by Crippen LogP contribution is 2.23. The zero-order valence-electron chi connectivity index (χ0n) is 10.5. The second kappa shape index (κ2) is 4.10. The van der Waals surface area contributed by atoms with Crippen LogP contribution in [-0.2, 0) is 0 Å². The predicted octanol–water partition coefficient (Wildman–Crippen LogP) is 1.57. The first-order valence-corrected chi connectivity index (χ1v) is 6.44. The number of nitrogens with one attached hydrogen (secondary N) is 1. The third-order valence-electron chi connectivity index (χ3n) is 3.33. The number of aromatic nitrogens is 3. The topological polar surface area (TPSA) is 45.5 Å². The van der Waals surface area contributed by atoms with Crippen LogP contribution < -0.4 is 10.2 Å². The Morgan fingerprint density at radius 2 is 2.22 bits per heavy atom. The average molecular weight is 266 g/mol. The molecule has 0 spiro atoms. The van der Waals surface area contributed by atoms with Crippen LogP contribution in [0.15, 0.2) is 18.3 Å². The van der Waals surface area contributed by atoms with Crippen molar-refractivity contribution in [3.8, 4) is 0 Å². The number of hydrogen-bond donors (Lipinski definition) is 1. The maximum atomic E-state index is 5.96. The molecular weight excluding hydrogens is 250 g/mol. The summed E-state index contributed by atoms with van der Waals surface area (Å²) in [6.45, 7) is 7.19. The van der Waals surface area contributed by atoms with E-state index < -0.39 is 0 Å². The van der Waals surface area contributed by atoms with Gasteiger partial charge in [0.25, 0.3) is 0 Å². The van der Waals surface area contributed by atoms with E-state index in [1.807, 2.05) is 12.1 Å². The van der Waals surface area contributed by atoms with Crippen molar-refractivity contribution >= 4 is 23.2 Å². The molecule has 18 heavy (non-hydrogen) atoms. The largest absolute Gasteiger partial charge is 0.332 e. The molecular formula is C12H16ClN5. The van der Waals surface area contributed by atoms with Gasteiger partial charge in [-0.25, -0.2) is 4.52 Å². The van der Waals surface area contributed by atoms with E-state index in [-0.39, 0.29) is 5.54 Å². The summed E-state index contributed by atoms with van der Waals surface area (Å²) in [7, 11) is 0. The van der Waals surface area contributed by atoms with Crippen molar-refractivity contribution in [3.05, 3.63) is 23.4 Å². The van der Waals surface area contributed by atoms with Crippen LogP contribution in [0.1, 0.15) is 13.8 Å². The van der Waals surface area contributed by atoms with Gasteiger partial charge in [-0.3, -0.25) is 0 Å². The van der Waals surface area contributed by atoms with Crippen LogP contribution >= 0.6 is 11.6 Å². The third kappa shape index (κ3) is 1.93. The molecule has 6 heteroatoms. The van der Waals surface area contributed by atoms with Gasteiger partial charge in [0.05, 0.1) is 5.02 Å². The van der Waals surface area contributed by atoms with Crippen molar-refractivity contribution in [1.82, 2.24) is 19.9 Å². The average Bonchev–Trinajstić information content (AvgIpc) is 2.70. The highest BCUT2D eigenvalue weighted by atomic mass is 35.5. The molecule has 2 aromatic rings. The van der Waals surface area contributed by atoms with E-state index in [0.717, 1.165) is 31.2 Å². The lowest BCUT2D eigenvalue weighted by atomic mass is 10.0. The fraction of sp³-hybridized carbons (Fsp3) is 0.500. The zero-order chi connectivity index (χ0) is 12.8. The third-order valence-corrected chi connectivity index (χ3v) is 3.55. The van der Waals surface area contributed by atoms with Gasteiger partial charge in [0.2, 0.25) is 5.95 Å². The van der Waals surface area contributed by atoms with Gasteiger partial charge in [0.15, 0.2) is 5.65 Å². The van der Waals surface area contributed by atoms with E-state index >= 15 is 0 Å². The van der Waals surface area contributed by atoms with Crippen molar-refractivity contribution in [2.75, 3.05) is 24.5 Å². The first-order valence-electron chi connectivity index (χ1n) is 6.07. The molecule has 0 saturated carbocycles. The quantitative estimate of drug-likeness (QED) is 0.850. The highest BCUT2D eigenvalue weighted by molar-refractivity contribution is 6.30. The first-order chi connectivity index (χ1) is 8.56. The van der Waals surface area contributed by atoms with Gasteiger partial charge in [-0.1, -0.05) is 11.6 Å². The number of fused-ring (bicyclic) bond motifs is 1. The van der Waals surface area contributed by atoms with Crippen LogP contribution in [0.2, 0.25) is 5.02 Å². The second-order valence-corrected chi connectivity index (χ2v) is 5.64. The van der Waals surface area contributed by atoms with Gasteiger partial charge in [-0.2, -0.15) is 4.98 Å². The first kappa shape index (κ1) is 11.7. The molecule has 0 unspecified atom stereocenters. The summed E-state index contributed by atoms with van der Waals surface area (Å²) in [6, 6.07) is 3.71. The number of nitrogens with zero attached hydrogens (tertiary/aromatic N) is 4. The van der Waals surface area contributed by atoms with E-state index in [1.54, 1.807) is 10.7 Å². The summed E-state index contributed by atoms with van der Waals surface area (Å²) in [6.07, 6.45) is 1.78. The molecule has 0 radical (unpaired) electrons. The number of rotatable bonds is 1. The standard InChI is InChI=1S/C12H16ClN5/c1-12(2)8-14-5-6-17(12)11-15-10-4-3-9(13)7-18(10)16-11/h3-4,7,14H,5-6,8H2,1-2H3. The molecule has 5 nitrogen and oxygen atoms in total. The van der Waals surface area contributed by atoms with Crippen LogP contribution in [0.25, 0.3) is 5.65 Å². The summed E-state index contributed by atoms with van der Waals surface area (Å²) in [5.74, 6) is 0.767. The molecule has 1 aliphatic rings. The minimum atomic E-state index is 0.0208. The van der Waals surface area contributed by atoms with E-state index in [4.69, 9.17) is 11.6 Å². The monoisotopic (exact) mass is 265 g/mol. The Balaban J connectivity index is 2.03. The lowest BCUT2D eigenvalue weighted by Crippen LogP contribution is -2.58. The number of pyridine rings is 1. The Labute approximate surface area is 111 Å². The molecule has 0 atom stereocenters. The van der Waals surface area contributed by atoms with Crippen LogP contribution in [0, 0.1) is 0 Å². The van der Waals surface area contributed by atoms with E-state index in [2.05, 4.69) is 34.1 Å². The molecule has 3 rings (SSSR count). The molecule has 0 bridgehead atoms. The lowest BCUT2D eigenvalue weighted by Gasteiger charge is -2.42. The smallest absolute Gasteiger partial charge is 0.246 e. The van der Waals surface area contributed by atoms with Crippen LogP contribution in [0.4, 0.5) is 5.95 Å². The maximum Gasteiger partial charge on any atom is 0.246 e. The molecule has 3 heterocycles. The maximum absolute atomic E-state index is 5.96. The van der Waals surface area contributed by atoms with Crippen molar-refractivity contribution in [2.45, 2.75) is 19.4 Å². The fourth-order valence-corrected chi connectivity index (χ4v) is 2.47. The molecule has 0 amide bonds. The Kier molecular flexibility index (Phi) is 2.68. The van der Waals surface area contributed by atoms with Crippen molar-refractivity contribution in [2.24, 2.45) is 0 Å². The van der Waals surface area contributed by atoms with Gasteiger partial charge in [-0.05, 0) is 26.0 Å². The summed E-state index contributed by atoms with van der Waals surface area (Å²) >= 11 is 5.96. The van der Waals surface area contributed by atoms with Crippen LogP contribution in [0.3, 0.4) is 0 Å². The molecule has 1 fully saturated rings. The normalized spacial score (nSPS) is 19.4. The summed E-state index contributed by atoms with van der Waals surface area (Å²) in [5, 5.41) is 8.57. The predicted molar refractivity (Wildman–Crippen MR) is 72.3 cm³/mol. The van der Waals surface area contributed by atoms with Crippen molar-refractivity contribution < 1.29 is 0 Å². The summed E-state index contributed by atoms with van der Waals surface area (Å²) in [4.78, 5) is 6.80. The molecule has 0 aromatic carbocycles. The Bertz CT molecular complexity index is 577. The second-order valence-electron chi connectivity index (χ2n) is 5.20. The van der Waals surface area contributed by atoms with Gasteiger partial charge in [0.1, 0.15) is 0 Å². The minimum Gasteiger partial charge on any atom is -0.332 e. The molecule has 0 aliphatic carbocycles.